The van der Waals surface area contributed by atoms with Crippen LogP contribution in [-0.4, -0.2) is 36.5 Å². The Kier molecular flexibility index (Phi) is 6.58. The third-order valence-corrected chi connectivity index (χ3v) is 4.33. The van der Waals surface area contributed by atoms with Gasteiger partial charge in [-0.1, -0.05) is 12.1 Å². The van der Waals surface area contributed by atoms with E-state index in [9.17, 15) is 9.59 Å². The minimum atomic E-state index is -0.406. The standard InChI is InChI=1S/C20H26N2O4/c1-6-26-20(24)17-12(2)18(22-13(17)3)19(23)14(4)21-11-15-7-9-16(25-5)10-8-15/h7-10,14,21-22H,6,11H2,1-5H3/t14-/m0/s1. The number of nitrogens with one attached hydrogen (secondary N) is 2. The third kappa shape index (κ3) is 4.32. The minimum Gasteiger partial charge on any atom is -0.497 e. The first-order valence-electron chi connectivity index (χ1n) is 8.65. The Labute approximate surface area is 153 Å². The molecule has 2 N–H and O–H groups in total. The minimum absolute atomic E-state index is 0.0883. The average Bonchev–Trinajstić information content (AvgIpc) is 2.94. The number of ether oxygens (including phenoxy) is 2. The smallest absolute Gasteiger partial charge is 0.340 e. The van der Waals surface area contributed by atoms with Crippen molar-refractivity contribution in [2.24, 2.45) is 0 Å². The SMILES string of the molecule is CCOC(=O)c1c(C)[nH]c(C(=O)[C@H](C)NCc2ccc(OC)cc2)c1C. The monoisotopic (exact) mass is 358 g/mol. The van der Waals surface area contributed by atoms with Crippen molar-refractivity contribution in [2.45, 2.75) is 40.3 Å². The number of Topliss-reactive ketones (excluding diaryl/α,β-unsaturated/α-hetero) is 1. The Morgan fingerprint density at radius 2 is 1.85 bits per heavy atom. The molecule has 0 unspecified atom stereocenters. The van der Waals surface area contributed by atoms with E-state index in [0.29, 0.717) is 35.7 Å². The number of carbonyl (C=O) groups excluding carboxylic acids is 2. The van der Waals surface area contributed by atoms with E-state index in [1.807, 2.05) is 31.2 Å². The maximum absolute atomic E-state index is 12.8. The van der Waals surface area contributed by atoms with Crippen LogP contribution in [0.5, 0.6) is 5.75 Å². The molecule has 6 heteroatoms. The fourth-order valence-electron chi connectivity index (χ4n) is 2.83. The molecule has 0 amide bonds. The molecular formula is C20H26N2O4. The van der Waals surface area contributed by atoms with Gasteiger partial charge in [0.05, 0.1) is 31.0 Å². The van der Waals surface area contributed by atoms with Crippen LogP contribution < -0.4 is 10.1 Å². The molecule has 26 heavy (non-hydrogen) atoms. The van der Waals surface area contributed by atoms with Crippen LogP contribution in [0.25, 0.3) is 0 Å². The second-order valence-corrected chi connectivity index (χ2v) is 6.16. The largest absolute Gasteiger partial charge is 0.497 e. The van der Waals surface area contributed by atoms with Crippen molar-refractivity contribution in [3.8, 4) is 5.75 Å². The van der Waals surface area contributed by atoms with E-state index in [2.05, 4.69) is 10.3 Å². The van der Waals surface area contributed by atoms with E-state index in [0.717, 1.165) is 11.3 Å². The fourth-order valence-corrected chi connectivity index (χ4v) is 2.83. The number of esters is 1. The van der Waals surface area contributed by atoms with Crippen LogP contribution in [0.2, 0.25) is 0 Å². The third-order valence-electron chi connectivity index (χ3n) is 4.33. The molecule has 0 fully saturated rings. The molecule has 0 bridgehead atoms. The van der Waals surface area contributed by atoms with Crippen LogP contribution in [0, 0.1) is 13.8 Å². The average molecular weight is 358 g/mol. The lowest BCUT2D eigenvalue weighted by Crippen LogP contribution is -2.34. The number of methoxy groups -OCH3 is 1. The fraction of sp³-hybridized carbons (Fsp3) is 0.400. The Hall–Kier alpha value is -2.60. The van der Waals surface area contributed by atoms with Gasteiger partial charge in [0.2, 0.25) is 0 Å². The summed E-state index contributed by atoms with van der Waals surface area (Å²) in [5.74, 6) is 0.299. The van der Waals surface area contributed by atoms with E-state index in [-0.39, 0.29) is 5.78 Å². The zero-order valence-corrected chi connectivity index (χ0v) is 15.9. The summed E-state index contributed by atoms with van der Waals surface area (Å²) in [4.78, 5) is 27.9. The lowest BCUT2D eigenvalue weighted by molar-refractivity contribution is 0.0525. The number of aromatic nitrogens is 1. The molecule has 140 valence electrons. The second-order valence-electron chi connectivity index (χ2n) is 6.16. The lowest BCUT2D eigenvalue weighted by Gasteiger charge is -2.13. The van der Waals surface area contributed by atoms with Crippen LogP contribution in [0.4, 0.5) is 0 Å². The maximum Gasteiger partial charge on any atom is 0.340 e. The number of hydrogen-bond acceptors (Lipinski definition) is 5. The van der Waals surface area contributed by atoms with E-state index in [1.54, 1.807) is 27.9 Å². The van der Waals surface area contributed by atoms with E-state index in [4.69, 9.17) is 9.47 Å². The summed E-state index contributed by atoms with van der Waals surface area (Å²) in [5.41, 5.74) is 3.21. The molecule has 0 saturated carbocycles. The van der Waals surface area contributed by atoms with Gasteiger partial charge in [-0.05, 0) is 51.0 Å². The van der Waals surface area contributed by atoms with Crippen LogP contribution in [0.1, 0.15) is 51.5 Å². The highest BCUT2D eigenvalue weighted by molar-refractivity contribution is 6.03. The van der Waals surface area contributed by atoms with Crippen molar-refractivity contribution in [2.75, 3.05) is 13.7 Å². The van der Waals surface area contributed by atoms with Gasteiger partial charge < -0.3 is 19.8 Å². The highest BCUT2D eigenvalue weighted by Crippen LogP contribution is 2.20. The molecule has 2 rings (SSSR count). The summed E-state index contributed by atoms with van der Waals surface area (Å²) in [5, 5.41) is 3.22. The maximum atomic E-state index is 12.8. The number of carbonyl (C=O) groups is 2. The highest BCUT2D eigenvalue weighted by Gasteiger charge is 2.25. The van der Waals surface area contributed by atoms with Crippen molar-refractivity contribution in [1.29, 1.82) is 0 Å². The van der Waals surface area contributed by atoms with Crippen LogP contribution in [-0.2, 0) is 11.3 Å². The highest BCUT2D eigenvalue weighted by atomic mass is 16.5. The van der Waals surface area contributed by atoms with E-state index in [1.165, 1.54) is 0 Å². The molecule has 0 aliphatic rings. The topological polar surface area (TPSA) is 80.4 Å². The first-order valence-corrected chi connectivity index (χ1v) is 8.65. The molecule has 0 radical (unpaired) electrons. The number of hydrogen-bond donors (Lipinski definition) is 2. The van der Waals surface area contributed by atoms with Gasteiger partial charge in [-0.2, -0.15) is 0 Å². The normalized spacial score (nSPS) is 11.9. The quantitative estimate of drug-likeness (QED) is 0.560. The predicted octanol–water partition coefficient (Wildman–Crippen LogP) is 3.18. The molecule has 1 aromatic heterocycles. The molecular weight excluding hydrogens is 332 g/mol. The Balaban J connectivity index is 2.07. The Morgan fingerprint density at radius 3 is 2.42 bits per heavy atom. The van der Waals surface area contributed by atoms with Gasteiger partial charge in [0.15, 0.2) is 5.78 Å². The van der Waals surface area contributed by atoms with Crippen LogP contribution in [0.3, 0.4) is 0 Å². The summed E-state index contributed by atoms with van der Waals surface area (Å²) in [6.45, 7) is 7.95. The van der Waals surface area contributed by atoms with E-state index < -0.39 is 12.0 Å². The number of benzene rings is 1. The van der Waals surface area contributed by atoms with Crippen molar-refractivity contribution in [1.82, 2.24) is 10.3 Å². The molecule has 1 atom stereocenters. The number of rotatable bonds is 8. The Morgan fingerprint density at radius 1 is 1.19 bits per heavy atom. The summed E-state index contributed by atoms with van der Waals surface area (Å²) < 4.78 is 10.2. The van der Waals surface area contributed by atoms with Gasteiger partial charge in [0.25, 0.3) is 0 Å². The van der Waals surface area contributed by atoms with Gasteiger partial charge in [-0.15, -0.1) is 0 Å². The number of ketones is 1. The van der Waals surface area contributed by atoms with Crippen molar-refractivity contribution < 1.29 is 19.1 Å². The zero-order valence-electron chi connectivity index (χ0n) is 15.9. The molecule has 1 heterocycles. The predicted molar refractivity (Wildman–Crippen MR) is 99.8 cm³/mol. The summed E-state index contributed by atoms with van der Waals surface area (Å²) in [7, 11) is 1.62. The molecule has 0 saturated heterocycles. The molecule has 2 aromatic rings. The number of aryl methyl sites for hydroxylation is 1. The number of H-pyrrole nitrogens is 1. The van der Waals surface area contributed by atoms with Gasteiger partial charge in [-0.3, -0.25) is 4.79 Å². The van der Waals surface area contributed by atoms with Crippen molar-refractivity contribution in [3.63, 3.8) is 0 Å². The lowest BCUT2D eigenvalue weighted by atomic mass is 10.0. The first kappa shape index (κ1) is 19.7. The molecule has 0 aliphatic heterocycles. The summed E-state index contributed by atoms with van der Waals surface area (Å²) >= 11 is 0. The van der Waals surface area contributed by atoms with Gasteiger partial charge in [0.1, 0.15) is 5.75 Å². The first-order chi connectivity index (χ1) is 12.4. The molecule has 1 aromatic carbocycles. The molecule has 0 aliphatic carbocycles. The van der Waals surface area contributed by atoms with Crippen LogP contribution in [0.15, 0.2) is 24.3 Å². The van der Waals surface area contributed by atoms with Gasteiger partial charge in [-0.25, -0.2) is 4.79 Å². The molecule has 0 spiro atoms. The van der Waals surface area contributed by atoms with Crippen molar-refractivity contribution in [3.05, 3.63) is 52.3 Å². The molecule has 6 nitrogen and oxygen atoms in total. The van der Waals surface area contributed by atoms with Crippen molar-refractivity contribution >= 4 is 11.8 Å². The second kappa shape index (κ2) is 8.67. The van der Waals surface area contributed by atoms with E-state index >= 15 is 0 Å². The zero-order chi connectivity index (χ0) is 19.3. The Bertz CT molecular complexity index is 778. The van der Waals surface area contributed by atoms with Gasteiger partial charge in [0, 0.05) is 12.2 Å². The summed E-state index contributed by atoms with van der Waals surface area (Å²) in [6, 6.07) is 7.27. The number of aromatic amines is 1. The summed E-state index contributed by atoms with van der Waals surface area (Å²) in [6.07, 6.45) is 0. The van der Waals surface area contributed by atoms with Gasteiger partial charge >= 0.3 is 5.97 Å². The van der Waals surface area contributed by atoms with Crippen LogP contribution >= 0.6 is 0 Å².